The number of rotatable bonds is 1. The summed E-state index contributed by atoms with van der Waals surface area (Å²) in [6.45, 7) is 0. The largest absolute Gasteiger partial charge is 0.252 e. The lowest BCUT2D eigenvalue weighted by atomic mass is 10.2. The lowest BCUT2D eigenvalue weighted by Crippen LogP contribution is -1.83. The van der Waals surface area contributed by atoms with Crippen LogP contribution in [0.1, 0.15) is 0 Å². The minimum atomic E-state index is 0.721. The molecule has 2 nitrogen and oxygen atoms in total. The minimum absolute atomic E-state index is 0.721. The van der Waals surface area contributed by atoms with Gasteiger partial charge in [0.2, 0.25) is 0 Å². The van der Waals surface area contributed by atoms with E-state index in [4.69, 9.17) is 11.6 Å². The van der Waals surface area contributed by atoms with Crippen LogP contribution in [0.25, 0.3) is 11.3 Å². The van der Waals surface area contributed by atoms with Crippen LogP contribution in [0.3, 0.4) is 0 Å². The summed E-state index contributed by atoms with van der Waals surface area (Å²) in [5.41, 5.74) is 1.83. The monoisotopic (exact) mass is 189 g/mol. The maximum Gasteiger partial charge on any atom is 0.109 e. The Bertz CT molecular complexity index is 383. The molecular weight excluding hydrogens is 184 g/mol. The molecule has 3 heteroatoms. The molecule has 0 N–H and O–H groups in total. The number of benzene rings is 1. The van der Waals surface area contributed by atoms with Crippen LogP contribution >= 0.6 is 11.6 Å². The van der Waals surface area contributed by atoms with Crippen molar-refractivity contribution >= 4 is 11.6 Å². The van der Waals surface area contributed by atoms with Crippen molar-refractivity contribution < 1.29 is 0 Å². The fourth-order valence-electron chi connectivity index (χ4n) is 1.03. The van der Waals surface area contributed by atoms with E-state index in [2.05, 4.69) is 16.2 Å². The first-order valence-electron chi connectivity index (χ1n) is 3.80. The first-order chi connectivity index (χ1) is 6.36. The maximum absolute atomic E-state index is 5.76. The summed E-state index contributed by atoms with van der Waals surface area (Å²) < 4.78 is 0. The number of aromatic nitrogens is 2. The van der Waals surface area contributed by atoms with Crippen molar-refractivity contribution in [1.29, 1.82) is 0 Å². The zero-order chi connectivity index (χ0) is 9.10. The van der Waals surface area contributed by atoms with E-state index < -0.39 is 0 Å². The van der Waals surface area contributed by atoms with Gasteiger partial charge in [0.1, 0.15) is 6.20 Å². The highest BCUT2D eigenvalue weighted by molar-refractivity contribution is 6.30. The second kappa shape index (κ2) is 3.54. The summed E-state index contributed by atoms with van der Waals surface area (Å²) in [5.74, 6) is 0. The topological polar surface area (TPSA) is 25.8 Å². The molecule has 0 spiro atoms. The van der Waals surface area contributed by atoms with Crippen molar-refractivity contribution in [1.82, 2.24) is 9.97 Å². The van der Waals surface area contributed by atoms with Gasteiger partial charge in [0.15, 0.2) is 0 Å². The van der Waals surface area contributed by atoms with Gasteiger partial charge in [-0.2, -0.15) is 0 Å². The van der Waals surface area contributed by atoms with Crippen molar-refractivity contribution in [2.45, 2.75) is 0 Å². The number of hydrogen-bond acceptors (Lipinski definition) is 2. The van der Waals surface area contributed by atoms with E-state index in [1.165, 1.54) is 0 Å². The molecule has 0 bridgehead atoms. The van der Waals surface area contributed by atoms with Crippen LogP contribution in [-0.2, 0) is 0 Å². The van der Waals surface area contributed by atoms with Gasteiger partial charge in [-0.25, -0.2) is 0 Å². The van der Waals surface area contributed by atoms with Gasteiger partial charge in [-0.05, 0) is 12.1 Å². The van der Waals surface area contributed by atoms with E-state index >= 15 is 0 Å². The van der Waals surface area contributed by atoms with Crippen LogP contribution in [0, 0.1) is 6.20 Å². The standard InChI is InChI=1S/C10H6ClN2/c11-9-3-1-8(2-4-9)10-7-12-5-6-13-10/h1-4,6-7H. The average Bonchev–Trinajstić information content (AvgIpc) is 2.20. The Morgan fingerprint density at radius 1 is 1.15 bits per heavy atom. The van der Waals surface area contributed by atoms with Crippen LogP contribution in [0.2, 0.25) is 5.02 Å². The Morgan fingerprint density at radius 2 is 1.92 bits per heavy atom. The highest BCUT2D eigenvalue weighted by Gasteiger charge is 1.97. The average molecular weight is 190 g/mol. The molecule has 0 saturated heterocycles. The molecule has 0 amide bonds. The fourth-order valence-corrected chi connectivity index (χ4v) is 1.16. The zero-order valence-corrected chi connectivity index (χ0v) is 7.49. The third-order valence-electron chi connectivity index (χ3n) is 1.66. The molecular formula is C10H6ClN2. The maximum atomic E-state index is 5.76. The molecule has 1 aromatic carbocycles. The molecule has 0 unspecified atom stereocenters. The second-order valence-electron chi connectivity index (χ2n) is 2.54. The first-order valence-corrected chi connectivity index (χ1v) is 4.18. The number of halogens is 1. The van der Waals surface area contributed by atoms with Gasteiger partial charge in [-0.3, -0.25) is 9.97 Å². The molecule has 0 aliphatic rings. The summed E-state index contributed by atoms with van der Waals surface area (Å²) in [4.78, 5) is 7.98. The Kier molecular flexibility index (Phi) is 2.23. The van der Waals surface area contributed by atoms with Crippen LogP contribution in [-0.4, -0.2) is 9.97 Å². The quantitative estimate of drug-likeness (QED) is 0.689. The van der Waals surface area contributed by atoms with Crippen molar-refractivity contribution in [2.75, 3.05) is 0 Å². The summed E-state index contributed by atoms with van der Waals surface area (Å²) >= 11 is 5.76. The van der Waals surface area contributed by atoms with E-state index in [1.807, 2.05) is 24.3 Å². The summed E-state index contributed by atoms with van der Waals surface area (Å²) in [6, 6.07) is 7.48. The molecule has 0 aliphatic carbocycles. The van der Waals surface area contributed by atoms with E-state index in [1.54, 1.807) is 12.4 Å². The molecule has 0 fully saturated rings. The van der Waals surface area contributed by atoms with Gasteiger partial charge < -0.3 is 0 Å². The Labute approximate surface area is 81.2 Å². The van der Waals surface area contributed by atoms with Crippen molar-refractivity contribution in [2.24, 2.45) is 0 Å². The van der Waals surface area contributed by atoms with Crippen LogP contribution in [0.5, 0.6) is 0 Å². The smallest absolute Gasteiger partial charge is 0.109 e. The molecule has 1 radical (unpaired) electrons. The molecule has 0 saturated carbocycles. The Morgan fingerprint density at radius 3 is 2.54 bits per heavy atom. The third-order valence-corrected chi connectivity index (χ3v) is 1.91. The van der Waals surface area contributed by atoms with Gasteiger partial charge in [0, 0.05) is 10.6 Å². The van der Waals surface area contributed by atoms with E-state index in [9.17, 15) is 0 Å². The lowest BCUT2D eigenvalue weighted by molar-refractivity contribution is 1.19. The van der Waals surface area contributed by atoms with Crippen molar-refractivity contribution in [3.63, 3.8) is 0 Å². The molecule has 0 aliphatic heterocycles. The fraction of sp³-hybridized carbons (Fsp3) is 0. The third kappa shape index (κ3) is 1.84. The van der Waals surface area contributed by atoms with Crippen LogP contribution < -0.4 is 0 Å². The van der Waals surface area contributed by atoms with Gasteiger partial charge in [-0.15, -0.1) is 0 Å². The predicted octanol–water partition coefficient (Wildman–Crippen LogP) is 2.60. The van der Waals surface area contributed by atoms with Crippen molar-refractivity contribution in [3.05, 3.63) is 47.9 Å². The Balaban J connectivity index is 2.42. The van der Waals surface area contributed by atoms with Crippen LogP contribution in [0.15, 0.2) is 36.7 Å². The molecule has 0 atom stereocenters. The SMILES string of the molecule is Clc1ccc(-c2cn[c]cn2)cc1. The van der Waals surface area contributed by atoms with Crippen molar-refractivity contribution in [3.8, 4) is 11.3 Å². The first kappa shape index (κ1) is 8.20. The minimum Gasteiger partial charge on any atom is -0.252 e. The zero-order valence-electron chi connectivity index (χ0n) is 6.74. The lowest BCUT2D eigenvalue weighted by Gasteiger charge is -1.98. The molecule has 2 aromatic rings. The van der Waals surface area contributed by atoms with Gasteiger partial charge in [-0.1, -0.05) is 23.7 Å². The summed E-state index contributed by atoms with van der Waals surface area (Å²) in [5, 5.41) is 0.721. The van der Waals surface area contributed by atoms with E-state index in [-0.39, 0.29) is 0 Å². The number of nitrogens with zero attached hydrogens (tertiary/aromatic N) is 2. The molecule has 13 heavy (non-hydrogen) atoms. The predicted molar refractivity (Wildman–Crippen MR) is 51.3 cm³/mol. The van der Waals surface area contributed by atoms with E-state index in [0.29, 0.717) is 0 Å². The summed E-state index contributed by atoms with van der Waals surface area (Å²) in [7, 11) is 0. The normalized spacial score (nSPS) is 9.92. The molecule has 2 rings (SSSR count). The Hall–Kier alpha value is -1.41. The van der Waals surface area contributed by atoms with Crippen LogP contribution in [0.4, 0.5) is 0 Å². The molecule has 1 heterocycles. The highest BCUT2D eigenvalue weighted by atomic mass is 35.5. The summed E-state index contributed by atoms with van der Waals surface area (Å²) in [6.07, 6.45) is 5.84. The van der Waals surface area contributed by atoms with Gasteiger partial charge >= 0.3 is 0 Å². The second-order valence-corrected chi connectivity index (χ2v) is 2.97. The number of hydrogen-bond donors (Lipinski definition) is 0. The molecule has 1 aromatic heterocycles. The van der Waals surface area contributed by atoms with Gasteiger partial charge in [0.05, 0.1) is 18.1 Å². The highest BCUT2D eigenvalue weighted by Crippen LogP contribution is 2.17. The van der Waals surface area contributed by atoms with E-state index in [0.717, 1.165) is 16.3 Å². The molecule has 63 valence electrons. The van der Waals surface area contributed by atoms with Gasteiger partial charge in [0.25, 0.3) is 0 Å².